The van der Waals surface area contributed by atoms with Crippen LogP contribution in [0.5, 0.6) is 0 Å². The topological polar surface area (TPSA) is 30.0 Å². The van der Waals surface area contributed by atoms with Crippen molar-refractivity contribution < 1.29 is 4.79 Å². The summed E-state index contributed by atoms with van der Waals surface area (Å²) < 4.78 is 1.14. The number of thiophene rings is 1. The molecule has 0 N–H and O–H groups in total. The lowest BCUT2D eigenvalue weighted by Gasteiger charge is -1.93. The highest BCUT2D eigenvalue weighted by Gasteiger charge is 2.10. The van der Waals surface area contributed by atoms with Crippen molar-refractivity contribution >= 4 is 51.0 Å². The Labute approximate surface area is 110 Å². The molecular formula is C10H8INOS2. The monoisotopic (exact) mass is 349 g/mol. The average molecular weight is 349 g/mol. The van der Waals surface area contributed by atoms with Gasteiger partial charge in [0.25, 0.3) is 0 Å². The molecule has 0 amide bonds. The fourth-order valence-corrected chi connectivity index (χ4v) is 3.18. The zero-order valence-corrected chi connectivity index (χ0v) is 11.8. The molecule has 0 radical (unpaired) electrons. The summed E-state index contributed by atoms with van der Waals surface area (Å²) in [4.78, 5) is 16.1. The highest BCUT2D eigenvalue weighted by molar-refractivity contribution is 14.1. The SMILES string of the molecule is Cc1nc(CC(=O)c2csc(I)c2)cs1. The molecule has 0 aliphatic rings. The predicted molar refractivity (Wildman–Crippen MR) is 71.9 cm³/mol. The molecule has 2 rings (SSSR count). The van der Waals surface area contributed by atoms with Crippen LogP contribution in [0.15, 0.2) is 16.8 Å². The van der Waals surface area contributed by atoms with Gasteiger partial charge in [0.15, 0.2) is 5.78 Å². The number of carbonyl (C=O) groups excluding carboxylic acids is 1. The molecule has 0 aliphatic carbocycles. The smallest absolute Gasteiger partial charge is 0.169 e. The van der Waals surface area contributed by atoms with E-state index < -0.39 is 0 Å². The maximum absolute atomic E-state index is 11.8. The van der Waals surface area contributed by atoms with Gasteiger partial charge in [-0.3, -0.25) is 4.79 Å². The molecule has 5 heteroatoms. The Morgan fingerprint density at radius 2 is 2.27 bits per heavy atom. The molecule has 2 aromatic rings. The molecule has 0 spiro atoms. The van der Waals surface area contributed by atoms with Crippen molar-refractivity contribution in [3.05, 3.63) is 36.0 Å². The molecule has 0 bridgehead atoms. The molecule has 0 aliphatic heterocycles. The summed E-state index contributed by atoms with van der Waals surface area (Å²) in [7, 11) is 0. The van der Waals surface area contributed by atoms with Gasteiger partial charge in [-0.25, -0.2) is 4.98 Å². The summed E-state index contributed by atoms with van der Waals surface area (Å²) >= 11 is 5.40. The van der Waals surface area contributed by atoms with Crippen molar-refractivity contribution in [1.29, 1.82) is 0 Å². The molecule has 0 fully saturated rings. The van der Waals surface area contributed by atoms with Gasteiger partial charge in [-0.05, 0) is 35.6 Å². The van der Waals surface area contributed by atoms with E-state index in [4.69, 9.17) is 0 Å². The Bertz CT molecular complexity index is 489. The van der Waals surface area contributed by atoms with E-state index in [-0.39, 0.29) is 5.78 Å². The Balaban J connectivity index is 2.10. The van der Waals surface area contributed by atoms with Crippen LogP contribution in [0.3, 0.4) is 0 Å². The summed E-state index contributed by atoms with van der Waals surface area (Å²) in [6, 6.07) is 1.92. The standard InChI is InChI=1S/C10H8INOS2/c1-6-12-8(5-14-6)3-9(13)7-2-10(11)15-4-7/h2,4-5H,3H2,1H3. The molecule has 0 saturated heterocycles. The third kappa shape index (κ3) is 2.85. The second-order valence-electron chi connectivity index (χ2n) is 3.10. The minimum Gasteiger partial charge on any atom is -0.294 e. The van der Waals surface area contributed by atoms with Crippen LogP contribution in [0.1, 0.15) is 21.1 Å². The number of carbonyl (C=O) groups is 1. The maximum atomic E-state index is 11.8. The first-order chi connectivity index (χ1) is 7.15. The molecule has 2 nitrogen and oxygen atoms in total. The molecule has 0 aromatic carbocycles. The van der Waals surface area contributed by atoms with E-state index in [9.17, 15) is 4.79 Å². The molecule has 15 heavy (non-hydrogen) atoms. The van der Waals surface area contributed by atoms with Crippen LogP contribution in [-0.2, 0) is 6.42 Å². The minimum atomic E-state index is 0.152. The highest BCUT2D eigenvalue weighted by atomic mass is 127. The van der Waals surface area contributed by atoms with Gasteiger partial charge < -0.3 is 0 Å². The Morgan fingerprint density at radius 3 is 2.80 bits per heavy atom. The Hall–Kier alpha value is -0.270. The molecule has 0 saturated carbocycles. The molecule has 0 atom stereocenters. The number of aryl methyl sites for hydroxylation is 1. The average Bonchev–Trinajstić information content (AvgIpc) is 2.75. The molecule has 78 valence electrons. The van der Waals surface area contributed by atoms with Crippen molar-refractivity contribution in [2.75, 3.05) is 0 Å². The van der Waals surface area contributed by atoms with Crippen LogP contribution in [0.4, 0.5) is 0 Å². The number of hydrogen-bond acceptors (Lipinski definition) is 4. The van der Waals surface area contributed by atoms with Crippen LogP contribution >= 0.6 is 45.3 Å². The quantitative estimate of drug-likeness (QED) is 0.627. The predicted octanol–water partition coefficient (Wildman–Crippen LogP) is 3.54. The van der Waals surface area contributed by atoms with Gasteiger partial charge in [-0.15, -0.1) is 22.7 Å². The van der Waals surface area contributed by atoms with Crippen LogP contribution in [0, 0.1) is 9.81 Å². The summed E-state index contributed by atoms with van der Waals surface area (Å²) in [5.41, 5.74) is 1.68. The minimum absolute atomic E-state index is 0.152. The van der Waals surface area contributed by atoms with Crippen molar-refractivity contribution in [3.8, 4) is 0 Å². The Morgan fingerprint density at radius 1 is 1.47 bits per heavy atom. The number of halogens is 1. The van der Waals surface area contributed by atoms with Crippen LogP contribution in [0.2, 0.25) is 0 Å². The first-order valence-corrected chi connectivity index (χ1v) is 7.17. The summed E-state index contributed by atoms with van der Waals surface area (Å²) in [5, 5.41) is 4.87. The van der Waals surface area contributed by atoms with E-state index in [1.807, 2.05) is 23.8 Å². The van der Waals surface area contributed by atoms with Crippen LogP contribution in [-0.4, -0.2) is 10.8 Å². The van der Waals surface area contributed by atoms with Gasteiger partial charge in [0.1, 0.15) is 0 Å². The fraction of sp³-hybridized carbons (Fsp3) is 0.200. The Kier molecular flexibility index (Phi) is 3.53. The second-order valence-corrected chi connectivity index (χ2v) is 6.96. The zero-order chi connectivity index (χ0) is 10.8. The van der Waals surface area contributed by atoms with E-state index >= 15 is 0 Å². The van der Waals surface area contributed by atoms with E-state index in [0.717, 1.165) is 19.1 Å². The number of aromatic nitrogens is 1. The number of hydrogen-bond donors (Lipinski definition) is 0. The van der Waals surface area contributed by atoms with Crippen LogP contribution < -0.4 is 0 Å². The number of thiazole rings is 1. The second kappa shape index (κ2) is 4.71. The van der Waals surface area contributed by atoms with Gasteiger partial charge in [0.05, 0.1) is 20.0 Å². The van der Waals surface area contributed by atoms with E-state index in [0.29, 0.717) is 6.42 Å². The number of rotatable bonds is 3. The largest absolute Gasteiger partial charge is 0.294 e. The lowest BCUT2D eigenvalue weighted by molar-refractivity contribution is 0.0992. The summed E-state index contributed by atoms with van der Waals surface area (Å²) in [5.74, 6) is 0.152. The molecule has 2 heterocycles. The maximum Gasteiger partial charge on any atom is 0.169 e. The lowest BCUT2D eigenvalue weighted by Crippen LogP contribution is -2.02. The van der Waals surface area contributed by atoms with E-state index in [1.54, 1.807) is 22.7 Å². The zero-order valence-electron chi connectivity index (χ0n) is 7.99. The summed E-state index contributed by atoms with van der Waals surface area (Å²) in [6.07, 6.45) is 0.414. The van der Waals surface area contributed by atoms with Crippen molar-refractivity contribution in [3.63, 3.8) is 0 Å². The van der Waals surface area contributed by atoms with Crippen molar-refractivity contribution in [2.45, 2.75) is 13.3 Å². The molecule has 2 aromatic heterocycles. The number of nitrogens with zero attached hydrogens (tertiary/aromatic N) is 1. The van der Waals surface area contributed by atoms with E-state index in [2.05, 4.69) is 27.6 Å². The lowest BCUT2D eigenvalue weighted by atomic mass is 10.1. The van der Waals surface area contributed by atoms with Gasteiger partial charge >= 0.3 is 0 Å². The van der Waals surface area contributed by atoms with Crippen molar-refractivity contribution in [1.82, 2.24) is 4.98 Å². The molecule has 0 unspecified atom stereocenters. The normalized spacial score (nSPS) is 10.5. The van der Waals surface area contributed by atoms with Gasteiger partial charge in [-0.2, -0.15) is 0 Å². The van der Waals surface area contributed by atoms with Gasteiger partial charge in [0.2, 0.25) is 0 Å². The number of ketones is 1. The van der Waals surface area contributed by atoms with Gasteiger partial charge in [-0.1, -0.05) is 0 Å². The highest BCUT2D eigenvalue weighted by Crippen LogP contribution is 2.18. The summed E-state index contributed by atoms with van der Waals surface area (Å²) in [6.45, 7) is 1.95. The van der Waals surface area contributed by atoms with Crippen LogP contribution in [0.25, 0.3) is 0 Å². The molecular weight excluding hydrogens is 341 g/mol. The number of Topliss-reactive ketones (excluding diaryl/α,β-unsaturated/α-hetero) is 1. The van der Waals surface area contributed by atoms with E-state index in [1.165, 1.54) is 0 Å². The third-order valence-corrected chi connectivity index (χ3v) is 4.51. The van der Waals surface area contributed by atoms with Gasteiger partial charge in [0, 0.05) is 16.3 Å². The third-order valence-electron chi connectivity index (χ3n) is 1.90. The fourth-order valence-electron chi connectivity index (χ4n) is 1.21. The van der Waals surface area contributed by atoms with Crippen molar-refractivity contribution in [2.24, 2.45) is 0 Å². The first-order valence-electron chi connectivity index (χ1n) is 4.33. The first kappa shape index (κ1) is 11.2.